The molecule has 0 N–H and O–H groups in total. The maximum absolute atomic E-state index is 12.5. The lowest BCUT2D eigenvalue weighted by Gasteiger charge is -2.08. The molecule has 0 aliphatic rings. The number of rotatable bonds is 7. The van der Waals surface area contributed by atoms with E-state index in [0.29, 0.717) is 11.3 Å². The lowest BCUT2D eigenvalue weighted by atomic mass is 10.2. The molecular weight excluding hydrogens is 404 g/mol. The Morgan fingerprint density at radius 1 is 1.03 bits per heavy atom. The number of nitrogens with zero attached hydrogens (tertiary/aromatic N) is 4. The van der Waals surface area contributed by atoms with E-state index in [1.165, 1.54) is 36.5 Å². The van der Waals surface area contributed by atoms with Gasteiger partial charge in [0.2, 0.25) is 11.7 Å². The van der Waals surface area contributed by atoms with Crippen LogP contribution in [0.25, 0.3) is 11.4 Å². The van der Waals surface area contributed by atoms with E-state index in [0.717, 1.165) is 0 Å². The Bertz CT molecular complexity index is 1210. The minimum absolute atomic E-state index is 0.0496. The van der Waals surface area contributed by atoms with Gasteiger partial charge in [-0.05, 0) is 36.4 Å². The summed E-state index contributed by atoms with van der Waals surface area (Å²) in [6.07, 6.45) is 1.50. The zero-order valence-corrected chi connectivity index (χ0v) is 15.9. The van der Waals surface area contributed by atoms with Crippen LogP contribution in [0.5, 0.6) is 11.6 Å². The van der Waals surface area contributed by atoms with Gasteiger partial charge in [-0.1, -0.05) is 23.4 Å². The second kappa shape index (κ2) is 8.82. The fraction of sp³-hybridized carbons (Fsp3) is 0.0476. The molecule has 2 heterocycles. The number of hydrogen-bond donors (Lipinski definition) is 0. The molecule has 2 aromatic carbocycles. The van der Waals surface area contributed by atoms with Crippen molar-refractivity contribution in [3.63, 3.8) is 0 Å². The first kappa shape index (κ1) is 19.7. The highest BCUT2D eigenvalue weighted by molar-refractivity contribution is 5.91. The van der Waals surface area contributed by atoms with Gasteiger partial charge in [0.05, 0.1) is 4.92 Å². The Balaban J connectivity index is 1.42. The Kier molecular flexibility index (Phi) is 5.61. The molecule has 4 rings (SSSR count). The average molecular weight is 418 g/mol. The van der Waals surface area contributed by atoms with Crippen LogP contribution in [-0.4, -0.2) is 26.0 Å². The first-order valence-corrected chi connectivity index (χ1v) is 9.02. The number of non-ortho nitro benzene ring substituents is 1. The summed E-state index contributed by atoms with van der Waals surface area (Å²) in [6.45, 7) is -0.265. The van der Waals surface area contributed by atoms with Crippen LogP contribution >= 0.6 is 0 Å². The van der Waals surface area contributed by atoms with Crippen molar-refractivity contribution in [3.8, 4) is 23.0 Å². The van der Waals surface area contributed by atoms with Crippen molar-refractivity contribution in [2.45, 2.75) is 6.61 Å². The summed E-state index contributed by atoms with van der Waals surface area (Å²) in [5.74, 6) is 0.247. The van der Waals surface area contributed by atoms with Gasteiger partial charge in [-0.2, -0.15) is 4.98 Å². The molecule has 0 unspecified atom stereocenters. The third kappa shape index (κ3) is 4.70. The number of ether oxygens (including phenoxy) is 2. The Labute approximate surface area is 175 Å². The van der Waals surface area contributed by atoms with Crippen LogP contribution in [0, 0.1) is 10.1 Å². The second-order valence-electron chi connectivity index (χ2n) is 6.16. The van der Waals surface area contributed by atoms with E-state index < -0.39 is 10.9 Å². The van der Waals surface area contributed by atoms with Crippen LogP contribution < -0.4 is 4.74 Å². The normalized spacial score (nSPS) is 10.5. The lowest BCUT2D eigenvalue weighted by molar-refractivity contribution is -0.384. The molecule has 0 atom stereocenters. The average Bonchev–Trinajstić information content (AvgIpc) is 3.28. The predicted molar refractivity (Wildman–Crippen MR) is 106 cm³/mol. The van der Waals surface area contributed by atoms with Gasteiger partial charge in [0.1, 0.15) is 11.3 Å². The molecule has 0 amide bonds. The molecule has 10 heteroatoms. The molecular formula is C21H14N4O6. The van der Waals surface area contributed by atoms with Crippen molar-refractivity contribution in [1.82, 2.24) is 15.1 Å². The van der Waals surface area contributed by atoms with Crippen LogP contribution in [0.1, 0.15) is 16.2 Å². The molecule has 0 aliphatic heterocycles. The number of carbonyl (C=O) groups is 1. The van der Waals surface area contributed by atoms with Gasteiger partial charge in [0, 0.05) is 23.9 Å². The highest BCUT2D eigenvalue weighted by atomic mass is 16.6. The van der Waals surface area contributed by atoms with E-state index >= 15 is 0 Å². The monoisotopic (exact) mass is 418 g/mol. The number of esters is 1. The van der Waals surface area contributed by atoms with Gasteiger partial charge in [0.25, 0.3) is 11.6 Å². The van der Waals surface area contributed by atoms with Crippen LogP contribution in [-0.2, 0) is 11.3 Å². The van der Waals surface area contributed by atoms with Crippen molar-refractivity contribution in [2.75, 3.05) is 0 Å². The SMILES string of the molecule is O=C(OCc1nc(-c2ccc([N+](=O)[O-])cc2)no1)c1cccnc1Oc1ccccc1. The number of hydrogen-bond acceptors (Lipinski definition) is 9. The number of para-hydroxylation sites is 1. The number of nitro benzene ring substituents is 1. The third-order valence-electron chi connectivity index (χ3n) is 4.08. The van der Waals surface area contributed by atoms with Crippen LogP contribution in [0.15, 0.2) is 77.4 Å². The first-order chi connectivity index (χ1) is 15.1. The van der Waals surface area contributed by atoms with Crippen molar-refractivity contribution < 1.29 is 23.7 Å². The minimum Gasteiger partial charge on any atom is -0.452 e. The largest absolute Gasteiger partial charge is 0.452 e. The van der Waals surface area contributed by atoms with E-state index in [-0.39, 0.29) is 35.5 Å². The van der Waals surface area contributed by atoms with Gasteiger partial charge in [-0.3, -0.25) is 10.1 Å². The Hall–Kier alpha value is -4.60. The smallest absolute Gasteiger partial charge is 0.344 e. The number of nitro groups is 1. The van der Waals surface area contributed by atoms with Crippen molar-refractivity contribution >= 4 is 11.7 Å². The van der Waals surface area contributed by atoms with E-state index in [9.17, 15) is 14.9 Å². The number of pyridine rings is 1. The number of carbonyl (C=O) groups excluding carboxylic acids is 1. The molecule has 0 spiro atoms. The molecule has 4 aromatic rings. The summed E-state index contributed by atoms with van der Waals surface area (Å²) in [5, 5.41) is 14.5. The lowest BCUT2D eigenvalue weighted by Crippen LogP contribution is -2.08. The second-order valence-corrected chi connectivity index (χ2v) is 6.16. The predicted octanol–water partition coefficient (Wildman–Crippen LogP) is 4.19. The molecule has 154 valence electrons. The summed E-state index contributed by atoms with van der Waals surface area (Å²) < 4.78 is 16.0. The summed E-state index contributed by atoms with van der Waals surface area (Å²) in [4.78, 5) is 31.0. The molecule has 31 heavy (non-hydrogen) atoms. The fourth-order valence-electron chi connectivity index (χ4n) is 2.60. The summed E-state index contributed by atoms with van der Waals surface area (Å²) >= 11 is 0. The van der Waals surface area contributed by atoms with Gasteiger partial charge in [-0.15, -0.1) is 0 Å². The van der Waals surface area contributed by atoms with Gasteiger partial charge in [0.15, 0.2) is 6.61 Å². The summed E-state index contributed by atoms with van der Waals surface area (Å²) in [5.41, 5.74) is 0.616. The summed E-state index contributed by atoms with van der Waals surface area (Å²) in [6, 6.07) is 17.7. The van der Waals surface area contributed by atoms with Crippen molar-refractivity contribution in [1.29, 1.82) is 0 Å². The Morgan fingerprint density at radius 2 is 1.81 bits per heavy atom. The van der Waals surface area contributed by atoms with E-state index in [4.69, 9.17) is 14.0 Å². The first-order valence-electron chi connectivity index (χ1n) is 9.02. The molecule has 0 saturated heterocycles. The highest BCUT2D eigenvalue weighted by Crippen LogP contribution is 2.24. The molecule has 0 saturated carbocycles. The standard InChI is InChI=1S/C21H14N4O6/c26-21(17-7-4-12-22-20(17)30-16-5-2-1-3-6-16)29-13-18-23-19(24-31-18)14-8-10-15(11-9-14)25(27)28/h1-12H,13H2. The zero-order valence-electron chi connectivity index (χ0n) is 15.9. The van der Waals surface area contributed by atoms with Crippen molar-refractivity contribution in [2.24, 2.45) is 0 Å². The molecule has 0 radical (unpaired) electrons. The van der Waals surface area contributed by atoms with E-state index in [1.807, 2.05) is 6.07 Å². The van der Waals surface area contributed by atoms with Crippen molar-refractivity contribution in [3.05, 3.63) is 94.5 Å². The van der Waals surface area contributed by atoms with Gasteiger partial charge < -0.3 is 14.0 Å². The molecule has 0 fully saturated rings. The summed E-state index contributed by atoms with van der Waals surface area (Å²) in [7, 11) is 0. The topological polar surface area (TPSA) is 130 Å². The molecule has 0 aliphatic carbocycles. The number of benzene rings is 2. The third-order valence-corrected chi connectivity index (χ3v) is 4.08. The minimum atomic E-state index is -0.672. The Morgan fingerprint density at radius 3 is 2.55 bits per heavy atom. The number of aromatic nitrogens is 3. The van der Waals surface area contributed by atoms with Crippen LogP contribution in [0.3, 0.4) is 0 Å². The molecule has 0 bridgehead atoms. The van der Waals surface area contributed by atoms with E-state index in [1.54, 1.807) is 30.3 Å². The molecule has 10 nitrogen and oxygen atoms in total. The van der Waals surface area contributed by atoms with Crippen LogP contribution in [0.4, 0.5) is 5.69 Å². The van der Waals surface area contributed by atoms with Gasteiger partial charge in [-0.25, -0.2) is 9.78 Å². The van der Waals surface area contributed by atoms with Gasteiger partial charge >= 0.3 is 5.97 Å². The fourth-order valence-corrected chi connectivity index (χ4v) is 2.60. The maximum Gasteiger partial charge on any atom is 0.344 e. The molecule has 2 aromatic heterocycles. The maximum atomic E-state index is 12.5. The van der Waals surface area contributed by atoms with Crippen LogP contribution in [0.2, 0.25) is 0 Å². The quantitative estimate of drug-likeness (QED) is 0.246. The highest BCUT2D eigenvalue weighted by Gasteiger charge is 2.18. The zero-order chi connectivity index (χ0) is 21.6. The van der Waals surface area contributed by atoms with E-state index in [2.05, 4.69) is 15.1 Å².